The molecule has 158 valence electrons. The van der Waals surface area contributed by atoms with E-state index in [2.05, 4.69) is 27.0 Å². The smallest absolute Gasteiger partial charge is 0.325 e. The molecule has 1 aromatic heterocycles. The molecule has 2 aliphatic heterocycles. The van der Waals surface area contributed by atoms with Crippen molar-refractivity contribution in [2.45, 2.75) is 12.0 Å². The minimum absolute atomic E-state index is 0.0286. The number of carboxylic acids is 1. The standard InChI is InChI=1S/C21H26N6O3/c22-21(20(29)30)6-9-25(15-21)14-18(28)27-12-10-26(11-13-27)17-4-2-16(3-5-17)19-23-7-1-8-24-19/h1-5,7-8H,6,9-15,22H2,(H,29,30). The number of aliphatic carboxylic acids is 1. The van der Waals surface area contributed by atoms with Gasteiger partial charge in [0, 0.05) is 62.9 Å². The van der Waals surface area contributed by atoms with E-state index >= 15 is 0 Å². The van der Waals surface area contributed by atoms with E-state index in [1.807, 2.05) is 21.9 Å². The van der Waals surface area contributed by atoms with E-state index in [9.17, 15) is 14.7 Å². The van der Waals surface area contributed by atoms with Gasteiger partial charge in [-0.15, -0.1) is 0 Å². The highest BCUT2D eigenvalue weighted by Crippen LogP contribution is 2.22. The van der Waals surface area contributed by atoms with Gasteiger partial charge in [0.2, 0.25) is 5.91 Å². The Morgan fingerprint density at radius 1 is 1.03 bits per heavy atom. The summed E-state index contributed by atoms with van der Waals surface area (Å²) in [5.74, 6) is -0.275. The number of anilines is 1. The summed E-state index contributed by atoms with van der Waals surface area (Å²) in [5.41, 5.74) is 6.73. The molecular weight excluding hydrogens is 384 g/mol. The maximum absolute atomic E-state index is 12.6. The van der Waals surface area contributed by atoms with Crippen molar-refractivity contribution >= 4 is 17.6 Å². The number of amides is 1. The molecule has 4 rings (SSSR count). The molecule has 1 unspecified atom stereocenters. The van der Waals surface area contributed by atoms with E-state index in [1.165, 1.54) is 0 Å². The highest BCUT2D eigenvalue weighted by Gasteiger charge is 2.42. The Morgan fingerprint density at radius 3 is 2.30 bits per heavy atom. The van der Waals surface area contributed by atoms with Crippen molar-refractivity contribution in [3.05, 3.63) is 42.7 Å². The Morgan fingerprint density at radius 2 is 1.70 bits per heavy atom. The van der Waals surface area contributed by atoms with Crippen molar-refractivity contribution in [2.75, 3.05) is 50.7 Å². The minimum Gasteiger partial charge on any atom is -0.480 e. The maximum Gasteiger partial charge on any atom is 0.325 e. The Bertz CT molecular complexity index is 899. The number of hydrogen-bond donors (Lipinski definition) is 2. The second-order valence-electron chi connectivity index (χ2n) is 7.91. The van der Waals surface area contributed by atoms with Crippen LogP contribution in [0, 0.1) is 0 Å². The molecular formula is C21H26N6O3. The third-order valence-corrected chi connectivity index (χ3v) is 5.85. The zero-order valence-corrected chi connectivity index (χ0v) is 16.8. The van der Waals surface area contributed by atoms with E-state index in [1.54, 1.807) is 18.5 Å². The Kier molecular flexibility index (Phi) is 5.65. The van der Waals surface area contributed by atoms with Crippen LogP contribution in [0.5, 0.6) is 0 Å². The average Bonchev–Trinajstić information content (AvgIpc) is 3.16. The van der Waals surface area contributed by atoms with Gasteiger partial charge >= 0.3 is 5.97 Å². The van der Waals surface area contributed by atoms with Crippen LogP contribution in [0.3, 0.4) is 0 Å². The van der Waals surface area contributed by atoms with E-state index in [0.717, 1.165) is 24.3 Å². The Balaban J connectivity index is 1.29. The molecule has 0 saturated carbocycles. The molecule has 2 aromatic rings. The number of piperazine rings is 1. The molecule has 3 N–H and O–H groups in total. The van der Waals surface area contributed by atoms with Gasteiger partial charge in [-0.2, -0.15) is 0 Å². The number of benzene rings is 1. The summed E-state index contributed by atoms with van der Waals surface area (Å²) in [6, 6.07) is 9.93. The lowest BCUT2D eigenvalue weighted by Crippen LogP contribution is -2.53. The largest absolute Gasteiger partial charge is 0.480 e. The van der Waals surface area contributed by atoms with Crippen LogP contribution in [0.1, 0.15) is 6.42 Å². The number of carbonyl (C=O) groups excluding carboxylic acids is 1. The van der Waals surface area contributed by atoms with Gasteiger partial charge in [0.25, 0.3) is 0 Å². The van der Waals surface area contributed by atoms with Crippen molar-refractivity contribution in [1.29, 1.82) is 0 Å². The van der Waals surface area contributed by atoms with E-state index in [4.69, 9.17) is 5.73 Å². The first-order valence-electron chi connectivity index (χ1n) is 10.1. The predicted octanol–water partition coefficient (Wildman–Crippen LogP) is 0.280. The first-order chi connectivity index (χ1) is 14.4. The van der Waals surface area contributed by atoms with Crippen molar-refractivity contribution in [2.24, 2.45) is 5.73 Å². The van der Waals surface area contributed by atoms with Gasteiger partial charge in [-0.25, -0.2) is 9.97 Å². The number of nitrogens with zero attached hydrogens (tertiary/aromatic N) is 5. The Hall–Kier alpha value is -3.04. The second-order valence-corrected chi connectivity index (χ2v) is 7.91. The third kappa shape index (κ3) is 4.27. The number of carbonyl (C=O) groups is 2. The molecule has 0 aliphatic carbocycles. The van der Waals surface area contributed by atoms with Gasteiger partial charge in [0.15, 0.2) is 5.82 Å². The molecule has 0 bridgehead atoms. The van der Waals surface area contributed by atoms with Crippen molar-refractivity contribution < 1.29 is 14.7 Å². The van der Waals surface area contributed by atoms with E-state index < -0.39 is 11.5 Å². The van der Waals surface area contributed by atoms with Gasteiger partial charge in [-0.1, -0.05) is 0 Å². The van der Waals surface area contributed by atoms with Crippen molar-refractivity contribution in [1.82, 2.24) is 19.8 Å². The molecule has 2 fully saturated rings. The summed E-state index contributed by atoms with van der Waals surface area (Å²) in [4.78, 5) is 38.4. The van der Waals surface area contributed by atoms with Crippen molar-refractivity contribution in [3.63, 3.8) is 0 Å². The zero-order chi connectivity index (χ0) is 21.1. The molecule has 0 spiro atoms. The molecule has 2 aliphatic rings. The molecule has 1 aromatic carbocycles. The van der Waals surface area contributed by atoms with E-state index in [0.29, 0.717) is 31.9 Å². The monoisotopic (exact) mass is 410 g/mol. The first kappa shape index (κ1) is 20.2. The molecule has 1 atom stereocenters. The number of aromatic nitrogens is 2. The van der Waals surface area contributed by atoms with Crippen LogP contribution < -0.4 is 10.6 Å². The summed E-state index contributed by atoms with van der Waals surface area (Å²) < 4.78 is 0. The minimum atomic E-state index is -1.24. The van der Waals surface area contributed by atoms with Crippen LogP contribution in [-0.4, -0.2) is 88.1 Å². The zero-order valence-electron chi connectivity index (χ0n) is 16.8. The lowest BCUT2D eigenvalue weighted by molar-refractivity contribution is -0.143. The number of carboxylic acid groups (broad SMARTS) is 1. The fourth-order valence-corrected chi connectivity index (χ4v) is 4.00. The van der Waals surface area contributed by atoms with Crippen LogP contribution in [0.2, 0.25) is 0 Å². The van der Waals surface area contributed by atoms with Crippen LogP contribution >= 0.6 is 0 Å². The molecule has 3 heterocycles. The first-order valence-corrected chi connectivity index (χ1v) is 10.1. The summed E-state index contributed by atoms with van der Waals surface area (Å²) in [5, 5.41) is 9.23. The molecule has 9 heteroatoms. The summed E-state index contributed by atoms with van der Waals surface area (Å²) in [7, 11) is 0. The second kappa shape index (κ2) is 8.37. The maximum atomic E-state index is 12.6. The quantitative estimate of drug-likeness (QED) is 0.722. The van der Waals surface area contributed by atoms with Crippen LogP contribution in [0.25, 0.3) is 11.4 Å². The number of rotatable bonds is 5. The fraction of sp³-hybridized carbons (Fsp3) is 0.429. The summed E-state index contributed by atoms with van der Waals surface area (Å²) in [6.45, 7) is 3.76. The highest BCUT2D eigenvalue weighted by atomic mass is 16.4. The Labute approximate surface area is 175 Å². The lowest BCUT2D eigenvalue weighted by atomic mass is 10.0. The molecule has 30 heavy (non-hydrogen) atoms. The van der Waals surface area contributed by atoms with E-state index in [-0.39, 0.29) is 19.0 Å². The van der Waals surface area contributed by atoms with Crippen LogP contribution in [-0.2, 0) is 9.59 Å². The third-order valence-electron chi connectivity index (χ3n) is 5.85. The van der Waals surface area contributed by atoms with Crippen LogP contribution in [0.4, 0.5) is 5.69 Å². The summed E-state index contributed by atoms with van der Waals surface area (Å²) in [6.07, 6.45) is 3.82. The molecule has 0 radical (unpaired) electrons. The highest BCUT2D eigenvalue weighted by molar-refractivity contribution is 5.81. The number of hydrogen-bond acceptors (Lipinski definition) is 7. The molecule has 1 amide bonds. The number of likely N-dealkylation sites (tertiary alicyclic amines) is 1. The van der Waals surface area contributed by atoms with Gasteiger partial charge < -0.3 is 20.6 Å². The van der Waals surface area contributed by atoms with Crippen LogP contribution in [0.15, 0.2) is 42.7 Å². The number of nitrogens with two attached hydrogens (primary N) is 1. The fourth-order valence-electron chi connectivity index (χ4n) is 4.00. The summed E-state index contributed by atoms with van der Waals surface area (Å²) >= 11 is 0. The van der Waals surface area contributed by atoms with Gasteiger partial charge in [-0.3, -0.25) is 14.5 Å². The lowest BCUT2D eigenvalue weighted by Gasteiger charge is -2.36. The van der Waals surface area contributed by atoms with Gasteiger partial charge in [0.1, 0.15) is 5.54 Å². The SMILES string of the molecule is NC1(C(=O)O)CCN(CC(=O)N2CCN(c3ccc(-c4ncccn4)cc3)CC2)C1. The van der Waals surface area contributed by atoms with Crippen molar-refractivity contribution in [3.8, 4) is 11.4 Å². The molecule has 9 nitrogen and oxygen atoms in total. The molecule has 2 saturated heterocycles. The normalized spacial score (nSPS) is 22.3. The predicted molar refractivity (Wildman–Crippen MR) is 112 cm³/mol. The van der Waals surface area contributed by atoms with Gasteiger partial charge in [0.05, 0.1) is 6.54 Å². The average molecular weight is 410 g/mol. The van der Waals surface area contributed by atoms with Gasteiger partial charge in [-0.05, 0) is 36.8 Å². The topological polar surface area (TPSA) is 116 Å².